The Morgan fingerprint density at radius 1 is 1.27 bits per heavy atom. The maximum atomic E-state index is 12.3. The lowest BCUT2D eigenvalue weighted by Gasteiger charge is -2.11. The number of nitrogens with one attached hydrogen (secondary N) is 2. The SMILES string of the molecule is COc1ccc(C)cc1CNC(=O)c1ccc2nc[nH]c2c1. The van der Waals surface area contributed by atoms with Gasteiger partial charge in [0.05, 0.1) is 24.5 Å². The zero-order valence-corrected chi connectivity index (χ0v) is 12.5. The lowest BCUT2D eigenvalue weighted by atomic mass is 10.1. The summed E-state index contributed by atoms with van der Waals surface area (Å²) in [6.07, 6.45) is 1.62. The van der Waals surface area contributed by atoms with Gasteiger partial charge < -0.3 is 15.0 Å². The van der Waals surface area contributed by atoms with Crippen LogP contribution in [0.3, 0.4) is 0 Å². The Balaban J connectivity index is 1.75. The molecule has 0 unspecified atom stereocenters. The summed E-state index contributed by atoms with van der Waals surface area (Å²) in [6, 6.07) is 11.3. The highest BCUT2D eigenvalue weighted by Crippen LogP contribution is 2.19. The number of ether oxygens (including phenoxy) is 1. The molecule has 0 saturated carbocycles. The molecule has 0 atom stereocenters. The highest BCUT2D eigenvalue weighted by Gasteiger charge is 2.09. The number of benzene rings is 2. The average molecular weight is 295 g/mol. The van der Waals surface area contributed by atoms with Crippen molar-refractivity contribution in [1.29, 1.82) is 0 Å². The van der Waals surface area contributed by atoms with E-state index in [2.05, 4.69) is 15.3 Å². The zero-order valence-electron chi connectivity index (χ0n) is 12.5. The predicted molar refractivity (Wildman–Crippen MR) is 85.0 cm³/mol. The Hall–Kier alpha value is -2.82. The molecule has 1 heterocycles. The van der Waals surface area contributed by atoms with Crippen molar-refractivity contribution in [3.05, 3.63) is 59.4 Å². The normalized spacial score (nSPS) is 10.6. The lowest BCUT2D eigenvalue weighted by molar-refractivity contribution is 0.0951. The number of nitrogens with zero attached hydrogens (tertiary/aromatic N) is 1. The maximum absolute atomic E-state index is 12.3. The molecule has 0 radical (unpaired) electrons. The summed E-state index contributed by atoms with van der Waals surface area (Å²) < 4.78 is 5.32. The number of aromatic nitrogens is 2. The van der Waals surface area contributed by atoms with E-state index in [0.29, 0.717) is 12.1 Å². The van der Waals surface area contributed by atoms with Gasteiger partial charge in [0.2, 0.25) is 0 Å². The second-order valence-corrected chi connectivity index (χ2v) is 5.13. The Bertz CT molecular complexity index is 824. The minimum Gasteiger partial charge on any atom is -0.496 e. The molecule has 0 aliphatic heterocycles. The number of aromatic amines is 1. The van der Waals surface area contributed by atoms with E-state index in [1.165, 1.54) is 0 Å². The second-order valence-electron chi connectivity index (χ2n) is 5.13. The van der Waals surface area contributed by atoms with Crippen LogP contribution < -0.4 is 10.1 Å². The van der Waals surface area contributed by atoms with Crippen molar-refractivity contribution >= 4 is 16.9 Å². The van der Waals surface area contributed by atoms with Gasteiger partial charge in [-0.3, -0.25) is 4.79 Å². The number of H-pyrrole nitrogens is 1. The molecule has 22 heavy (non-hydrogen) atoms. The van der Waals surface area contributed by atoms with E-state index in [1.54, 1.807) is 25.6 Å². The van der Waals surface area contributed by atoms with Crippen LogP contribution in [0.2, 0.25) is 0 Å². The number of carbonyl (C=O) groups excluding carboxylic acids is 1. The van der Waals surface area contributed by atoms with E-state index in [4.69, 9.17) is 4.74 Å². The van der Waals surface area contributed by atoms with Crippen LogP contribution >= 0.6 is 0 Å². The summed E-state index contributed by atoms with van der Waals surface area (Å²) in [5, 5.41) is 2.92. The Kier molecular flexibility index (Phi) is 3.78. The average Bonchev–Trinajstić information content (AvgIpc) is 3.00. The largest absolute Gasteiger partial charge is 0.496 e. The second kappa shape index (κ2) is 5.89. The molecule has 2 aromatic carbocycles. The fourth-order valence-electron chi connectivity index (χ4n) is 2.40. The summed E-state index contributed by atoms with van der Waals surface area (Å²) >= 11 is 0. The highest BCUT2D eigenvalue weighted by atomic mass is 16.5. The molecule has 5 heteroatoms. The van der Waals surface area contributed by atoms with Crippen molar-refractivity contribution in [3.63, 3.8) is 0 Å². The van der Waals surface area contributed by atoms with E-state index in [9.17, 15) is 4.79 Å². The van der Waals surface area contributed by atoms with Crippen LogP contribution in [0.1, 0.15) is 21.5 Å². The third kappa shape index (κ3) is 2.79. The topological polar surface area (TPSA) is 67.0 Å². The number of hydrogen-bond acceptors (Lipinski definition) is 3. The highest BCUT2D eigenvalue weighted by molar-refractivity contribution is 5.97. The zero-order chi connectivity index (χ0) is 15.5. The van der Waals surface area contributed by atoms with Crippen molar-refractivity contribution in [2.75, 3.05) is 7.11 Å². The summed E-state index contributed by atoms with van der Waals surface area (Å²) in [6.45, 7) is 2.43. The molecular weight excluding hydrogens is 278 g/mol. The Labute approximate surface area is 128 Å². The van der Waals surface area contributed by atoms with Crippen molar-refractivity contribution < 1.29 is 9.53 Å². The van der Waals surface area contributed by atoms with Gasteiger partial charge in [0.1, 0.15) is 5.75 Å². The van der Waals surface area contributed by atoms with E-state index >= 15 is 0 Å². The number of imidazole rings is 1. The Morgan fingerprint density at radius 2 is 2.14 bits per heavy atom. The van der Waals surface area contributed by atoms with Crippen molar-refractivity contribution in [2.24, 2.45) is 0 Å². The van der Waals surface area contributed by atoms with Crippen LogP contribution in [0.15, 0.2) is 42.7 Å². The van der Waals surface area contributed by atoms with Crippen LogP contribution in [0.5, 0.6) is 5.75 Å². The van der Waals surface area contributed by atoms with Crippen molar-refractivity contribution in [3.8, 4) is 5.75 Å². The van der Waals surface area contributed by atoms with Gasteiger partial charge in [-0.25, -0.2) is 4.98 Å². The molecule has 3 rings (SSSR count). The fourth-order valence-corrected chi connectivity index (χ4v) is 2.40. The summed E-state index contributed by atoms with van der Waals surface area (Å²) in [5.74, 6) is 0.648. The molecule has 0 saturated heterocycles. The fraction of sp³-hybridized carbons (Fsp3) is 0.176. The third-order valence-corrected chi connectivity index (χ3v) is 3.56. The molecule has 1 amide bonds. The minimum absolute atomic E-state index is 0.125. The first kappa shape index (κ1) is 14.1. The smallest absolute Gasteiger partial charge is 0.251 e. The number of aryl methyl sites for hydroxylation is 1. The quantitative estimate of drug-likeness (QED) is 0.777. The van der Waals surface area contributed by atoms with Crippen LogP contribution in [0.4, 0.5) is 0 Å². The standard InChI is InChI=1S/C17H17N3O2/c1-11-3-6-16(22-2)13(7-11)9-18-17(21)12-4-5-14-15(8-12)20-10-19-14/h3-8,10H,9H2,1-2H3,(H,18,21)(H,19,20). The maximum Gasteiger partial charge on any atom is 0.251 e. The van der Waals surface area contributed by atoms with Crippen molar-refractivity contribution in [1.82, 2.24) is 15.3 Å². The molecule has 0 spiro atoms. The van der Waals surface area contributed by atoms with E-state index in [-0.39, 0.29) is 5.91 Å². The molecule has 0 fully saturated rings. The monoisotopic (exact) mass is 295 g/mol. The minimum atomic E-state index is -0.125. The number of rotatable bonds is 4. The van der Waals surface area contributed by atoms with E-state index in [1.807, 2.05) is 31.2 Å². The number of carbonyl (C=O) groups is 1. The van der Waals surface area contributed by atoms with Gasteiger partial charge in [-0.1, -0.05) is 17.7 Å². The van der Waals surface area contributed by atoms with Crippen LogP contribution in [-0.4, -0.2) is 23.0 Å². The molecule has 1 aromatic heterocycles. The Morgan fingerprint density at radius 3 is 2.95 bits per heavy atom. The molecule has 2 N–H and O–H groups in total. The number of hydrogen-bond donors (Lipinski definition) is 2. The molecular formula is C17H17N3O2. The molecule has 0 aliphatic carbocycles. The van der Waals surface area contributed by atoms with Gasteiger partial charge >= 0.3 is 0 Å². The first-order chi connectivity index (χ1) is 10.7. The van der Waals surface area contributed by atoms with Gasteiger partial charge in [0.25, 0.3) is 5.91 Å². The predicted octanol–water partition coefficient (Wildman–Crippen LogP) is 2.81. The van der Waals surface area contributed by atoms with Gasteiger partial charge in [-0.2, -0.15) is 0 Å². The summed E-state index contributed by atoms with van der Waals surface area (Å²) in [4.78, 5) is 19.4. The van der Waals surface area contributed by atoms with Crippen LogP contribution in [-0.2, 0) is 6.54 Å². The number of fused-ring (bicyclic) bond motifs is 1. The molecule has 3 aromatic rings. The van der Waals surface area contributed by atoms with Crippen LogP contribution in [0, 0.1) is 6.92 Å². The number of amides is 1. The van der Waals surface area contributed by atoms with E-state index in [0.717, 1.165) is 27.9 Å². The van der Waals surface area contributed by atoms with Gasteiger partial charge in [0, 0.05) is 17.7 Å². The van der Waals surface area contributed by atoms with Gasteiger partial charge in [-0.15, -0.1) is 0 Å². The van der Waals surface area contributed by atoms with Crippen LogP contribution in [0.25, 0.3) is 11.0 Å². The van der Waals surface area contributed by atoms with Gasteiger partial charge in [-0.05, 0) is 31.2 Å². The lowest BCUT2D eigenvalue weighted by Crippen LogP contribution is -2.23. The molecule has 5 nitrogen and oxygen atoms in total. The van der Waals surface area contributed by atoms with E-state index < -0.39 is 0 Å². The molecule has 0 bridgehead atoms. The van der Waals surface area contributed by atoms with Gasteiger partial charge in [0.15, 0.2) is 0 Å². The first-order valence-corrected chi connectivity index (χ1v) is 7.02. The first-order valence-electron chi connectivity index (χ1n) is 7.02. The third-order valence-electron chi connectivity index (χ3n) is 3.56. The summed E-state index contributed by atoms with van der Waals surface area (Å²) in [7, 11) is 1.63. The molecule has 112 valence electrons. The summed E-state index contributed by atoms with van der Waals surface area (Å²) in [5.41, 5.74) is 4.38. The van der Waals surface area contributed by atoms with Crippen molar-refractivity contribution in [2.45, 2.75) is 13.5 Å². The molecule has 0 aliphatic rings. The number of methoxy groups -OCH3 is 1.